The second-order valence-corrected chi connectivity index (χ2v) is 9.62. The molecule has 5 rings (SSSR count). The van der Waals surface area contributed by atoms with E-state index in [4.69, 9.17) is 4.74 Å². The van der Waals surface area contributed by atoms with Crippen LogP contribution in [0.25, 0.3) is 11.3 Å². The van der Waals surface area contributed by atoms with Gasteiger partial charge in [0.15, 0.2) is 17.7 Å². The Balaban J connectivity index is 1.59. The first-order valence-electron chi connectivity index (χ1n) is 12.1. The number of hydrogen-bond acceptors (Lipinski definition) is 5. The van der Waals surface area contributed by atoms with Gasteiger partial charge in [0.1, 0.15) is 17.1 Å². The Kier molecular flexibility index (Phi) is 6.39. The summed E-state index contributed by atoms with van der Waals surface area (Å²) in [7, 11) is 0. The fourth-order valence-electron chi connectivity index (χ4n) is 4.85. The molecular formula is C27H26F4N4O2. The van der Waals surface area contributed by atoms with Gasteiger partial charge in [0.2, 0.25) is 0 Å². The Bertz CT molecular complexity index is 1370. The average Bonchev–Trinajstić information content (AvgIpc) is 2.84. The van der Waals surface area contributed by atoms with Gasteiger partial charge >= 0.3 is 6.18 Å². The predicted molar refractivity (Wildman–Crippen MR) is 130 cm³/mol. The molecular weight excluding hydrogens is 488 g/mol. The summed E-state index contributed by atoms with van der Waals surface area (Å²) in [5, 5.41) is 3.31. The summed E-state index contributed by atoms with van der Waals surface area (Å²) in [5.41, 5.74) is 1.83. The number of fused-ring (bicyclic) bond motifs is 2. The lowest BCUT2D eigenvalue weighted by Crippen LogP contribution is -2.48. The lowest BCUT2D eigenvalue weighted by atomic mass is 9.97. The van der Waals surface area contributed by atoms with Crippen LogP contribution in [0.2, 0.25) is 0 Å². The van der Waals surface area contributed by atoms with E-state index in [1.54, 1.807) is 13.8 Å². The van der Waals surface area contributed by atoms with E-state index in [0.29, 0.717) is 6.42 Å². The van der Waals surface area contributed by atoms with E-state index in [0.717, 1.165) is 37.3 Å². The molecule has 0 bridgehead atoms. The number of halogens is 4. The number of benzene rings is 2. The fourth-order valence-corrected chi connectivity index (χ4v) is 4.85. The first kappa shape index (κ1) is 25.1. The Hall–Kier alpha value is -3.53. The highest BCUT2D eigenvalue weighted by atomic mass is 19.4. The van der Waals surface area contributed by atoms with Crippen LogP contribution >= 0.6 is 0 Å². The number of carbonyl (C=O) groups is 1. The number of rotatable bonds is 4. The smallest absolute Gasteiger partial charge is 0.420 e. The lowest BCUT2D eigenvalue weighted by Gasteiger charge is -2.37. The van der Waals surface area contributed by atoms with Crippen molar-refractivity contribution < 1.29 is 27.1 Å². The van der Waals surface area contributed by atoms with Gasteiger partial charge in [-0.15, -0.1) is 0 Å². The van der Waals surface area contributed by atoms with E-state index in [1.807, 2.05) is 12.1 Å². The van der Waals surface area contributed by atoms with Gasteiger partial charge in [-0.3, -0.25) is 4.79 Å². The lowest BCUT2D eigenvalue weighted by molar-refractivity contribution is -0.141. The average molecular weight is 515 g/mol. The minimum absolute atomic E-state index is 0.0641. The molecule has 1 N–H and O–H groups in total. The molecule has 2 aliphatic rings. The number of anilines is 1. The van der Waals surface area contributed by atoms with Crippen molar-refractivity contribution in [3.05, 3.63) is 70.4 Å². The number of amides is 1. The highest BCUT2D eigenvalue weighted by Gasteiger charge is 2.42. The number of carbonyl (C=O) groups excluding carboxylic acids is 1. The number of aromatic nitrogens is 2. The highest BCUT2D eigenvalue weighted by molar-refractivity contribution is 6.01. The standard InChI is InChI=1S/C27H26F4N4O2/c1-14(2)35-22-11-19(10-20(27(29,30)31)25(22)37-15(3)26(35)36)24-21(28)13-33-23(34-24)9-16-4-5-18-12-32-7-6-17(18)8-16/h4-5,8,10-11,13-15,32H,6-7,9,12H2,1-3H3. The van der Waals surface area contributed by atoms with E-state index in [-0.39, 0.29) is 22.8 Å². The minimum Gasteiger partial charge on any atom is -0.478 e. The number of nitrogens with one attached hydrogen (secondary N) is 1. The van der Waals surface area contributed by atoms with Gasteiger partial charge in [-0.2, -0.15) is 13.2 Å². The molecule has 0 spiro atoms. The Morgan fingerprint density at radius 2 is 1.97 bits per heavy atom. The van der Waals surface area contributed by atoms with Crippen LogP contribution in [0.5, 0.6) is 5.75 Å². The Morgan fingerprint density at radius 1 is 1.19 bits per heavy atom. The van der Waals surface area contributed by atoms with E-state index >= 15 is 0 Å². The fraction of sp³-hybridized carbons (Fsp3) is 0.370. The van der Waals surface area contributed by atoms with Gasteiger partial charge in [0, 0.05) is 24.6 Å². The number of hydrogen-bond donors (Lipinski definition) is 1. The summed E-state index contributed by atoms with van der Waals surface area (Å²) < 4.78 is 62.7. The molecule has 1 unspecified atom stereocenters. The van der Waals surface area contributed by atoms with Crippen LogP contribution in [0.1, 0.15) is 48.8 Å². The van der Waals surface area contributed by atoms with Crippen LogP contribution in [0, 0.1) is 5.82 Å². The van der Waals surface area contributed by atoms with Crippen LogP contribution in [-0.4, -0.2) is 34.6 Å². The maximum Gasteiger partial charge on any atom is 0.420 e. The number of nitrogens with zero attached hydrogens (tertiary/aromatic N) is 3. The molecule has 3 aromatic rings. The third-order valence-corrected chi connectivity index (χ3v) is 6.62. The molecule has 194 valence electrons. The normalized spacial score (nSPS) is 17.5. The van der Waals surface area contributed by atoms with Crippen LogP contribution < -0.4 is 15.0 Å². The monoisotopic (exact) mass is 514 g/mol. The van der Waals surface area contributed by atoms with E-state index in [9.17, 15) is 22.4 Å². The topological polar surface area (TPSA) is 67.3 Å². The molecule has 1 atom stereocenters. The van der Waals surface area contributed by atoms with Gasteiger partial charge in [-0.1, -0.05) is 18.2 Å². The molecule has 3 heterocycles. The van der Waals surface area contributed by atoms with Crippen molar-refractivity contribution in [3.8, 4) is 17.0 Å². The second-order valence-electron chi connectivity index (χ2n) is 9.62. The van der Waals surface area contributed by atoms with Crippen LogP contribution in [0.3, 0.4) is 0 Å². The van der Waals surface area contributed by atoms with E-state index in [1.165, 1.54) is 29.0 Å². The van der Waals surface area contributed by atoms with Crippen molar-refractivity contribution in [2.75, 3.05) is 11.4 Å². The molecule has 1 aromatic heterocycles. The third-order valence-electron chi connectivity index (χ3n) is 6.62. The molecule has 10 heteroatoms. The summed E-state index contributed by atoms with van der Waals surface area (Å²) in [6, 6.07) is 7.74. The number of ether oxygens (including phenoxy) is 1. The molecule has 6 nitrogen and oxygen atoms in total. The van der Waals surface area contributed by atoms with Crippen molar-refractivity contribution in [1.29, 1.82) is 0 Å². The second kappa shape index (κ2) is 9.41. The van der Waals surface area contributed by atoms with E-state index < -0.39 is 41.4 Å². The minimum atomic E-state index is -4.80. The summed E-state index contributed by atoms with van der Waals surface area (Å²) in [6.07, 6.45) is -3.73. The van der Waals surface area contributed by atoms with Crippen molar-refractivity contribution in [2.45, 2.75) is 58.5 Å². The van der Waals surface area contributed by atoms with Crippen molar-refractivity contribution in [2.24, 2.45) is 0 Å². The number of alkyl halides is 3. The molecule has 0 saturated carbocycles. The van der Waals surface area contributed by atoms with Crippen LogP contribution in [-0.2, 0) is 30.4 Å². The zero-order valence-electron chi connectivity index (χ0n) is 20.6. The van der Waals surface area contributed by atoms with Gasteiger partial charge in [-0.25, -0.2) is 14.4 Å². The first-order valence-corrected chi connectivity index (χ1v) is 12.1. The van der Waals surface area contributed by atoms with Crippen molar-refractivity contribution >= 4 is 11.6 Å². The molecule has 0 saturated heterocycles. The SMILES string of the molecule is CC1Oc2c(cc(-c3nc(Cc4ccc5c(c4)CCNC5)ncc3F)cc2C(F)(F)F)N(C(C)C)C1=O. The summed E-state index contributed by atoms with van der Waals surface area (Å²) in [6.45, 7) is 6.47. The maximum absolute atomic E-state index is 14.9. The first-order chi connectivity index (χ1) is 17.5. The largest absolute Gasteiger partial charge is 0.478 e. The van der Waals surface area contributed by atoms with Gasteiger partial charge in [-0.05, 0) is 62.6 Å². The molecule has 0 aliphatic carbocycles. The molecule has 0 radical (unpaired) electrons. The van der Waals surface area contributed by atoms with Crippen molar-refractivity contribution in [1.82, 2.24) is 15.3 Å². The highest BCUT2D eigenvalue weighted by Crippen LogP contribution is 2.47. The predicted octanol–water partition coefficient (Wildman–Crippen LogP) is 5.06. The quantitative estimate of drug-likeness (QED) is 0.493. The summed E-state index contributed by atoms with van der Waals surface area (Å²) >= 11 is 0. The van der Waals surface area contributed by atoms with E-state index in [2.05, 4.69) is 21.4 Å². The molecule has 2 aromatic carbocycles. The Morgan fingerprint density at radius 3 is 2.70 bits per heavy atom. The zero-order chi connectivity index (χ0) is 26.5. The summed E-state index contributed by atoms with van der Waals surface area (Å²) in [5.74, 6) is -1.51. The third kappa shape index (κ3) is 4.77. The van der Waals surface area contributed by atoms with Gasteiger partial charge < -0.3 is 15.0 Å². The molecule has 37 heavy (non-hydrogen) atoms. The summed E-state index contributed by atoms with van der Waals surface area (Å²) in [4.78, 5) is 22.4. The molecule has 0 fully saturated rings. The van der Waals surface area contributed by atoms with Gasteiger partial charge in [0.05, 0.1) is 11.9 Å². The van der Waals surface area contributed by atoms with Crippen molar-refractivity contribution in [3.63, 3.8) is 0 Å². The Labute approximate surface area is 211 Å². The molecule has 2 aliphatic heterocycles. The van der Waals surface area contributed by atoms with Crippen LogP contribution in [0.15, 0.2) is 36.5 Å². The maximum atomic E-state index is 14.9. The molecule has 1 amide bonds. The van der Waals surface area contributed by atoms with Crippen LogP contribution in [0.4, 0.5) is 23.2 Å². The zero-order valence-corrected chi connectivity index (χ0v) is 20.6. The van der Waals surface area contributed by atoms with Gasteiger partial charge in [0.25, 0.3) is 5.91 Å².